The number of aromatic nitrogens is 1. The summed E-state index contributed by atoms with van der Waals surface area (Å²) >= 11 is 0. The summed E-state index contributed by atoms with van der Waals surface area (Å²) < 4.78 is 5.46. The maximum atomic E-state index is 5.46. The van der Waals surface area contributed by atoms with Crippen LogP contribution in [0.1, 0.15) is 43.5 Å². The SMILES string of the molecule is CCCCc1ccc(CCc2ccc(OCC)cc2)nc1. The molecule has 0 saturated carbocycles. The van der Waals surface area contributed by atoms with Crippen molar-refractivity contribution in [1.82, 2.24) is 4.98 Å². The van der Waals surface area contributed by atoms with Crippen LogP contribution in [0.3, 0.4) is 0 Å². The lowest BCUT2D eigenvalue weighted by Crippen LogP contribution is -1.96. The summed E-state index contributed by atoms with van der Waals surface area (Å²) in [7, 11) is 0. The molecule has 2 aromatic rings. The van der Waals surface area contributed by atoms with Crippen LogP contribution in [-0.4, -0.2) is 11.6 Å². The van der Waals surface area contributed by atoms with E-state index in [1.807, 2.05) is 25.3 Å². The first-order valence-corrected chi connectivity index (χ1v) is 7.97. The number of pyridine rings is 1. The third-order valence-corrected chi connectivity index (χ3v) is 3.61. The minimum absolute atomic E-state index is 0.716. The molecule has 0 atom stereocenters. The molecule has 112 valence electrons. The van der Waals surface area contributed by atoms with Gasteiger partial charge in [-0.25, -0.2) is 0 Å². The molecule has 0 unspecified atom stereocenters. The molecule has 2 heteroatoms. The monoisotopic (exact) mass is 283 g/mol. The van der Waals surface area contributed by atoms with Crippen LogP contribution >= 0.6 is 0 Å². The lowest BCUT2D eigenvalue weighted by atomic mass is 10.1. The standard InChI is InChI=1S/C19H25NO/c1-3-5-6-17-8-12-18(20-15-17)11-7-16-9-13-19(14-10-16)21-4-2/h8-10,12-15H,3-7,11H2,1-2H3. The van der Waals surface area contributed by atoms with E-state index in [2.05, 4.69) is 36.2 Å². The van der Waals surface area contributed by atoms with Crippen LogP contribution in [0, 0.1) is 0 Å². The smallest absolute Gasteiger partial charge is 0.119 e. The summed E-state index contributed by atoms with van der Waals surface area (Å²) in [5, 5.41) is 0. The highest BCUT2D eigenvalue weighted by Gasteiger charge is 1.99. The zero-order valence-corrected chi connectivity index (χ0v) is 13.1. The van der Waals surface area contributed by atoms with Gasteiger partial charge in [-0.05, 0) is 61.9 Å². The van der Waals surface area contributed by atoms with E-state index in [0.29, 0.717) is 6.61 Å². The molecule has 0 bridgehead atoms. The number of rotatable bonds is 8. The van der Waals surface area contributed by atoms with Crippen molar-refractivity contribution in [2.24, 2.45) is 0 Å². The Kier molecular flexibility index (Phi) is 6.26. The van der Waals surface area contributed by atoms with Crippen molar-refractivity contribution < 1.29 is 4.74 Å². The summed E-state index contributed by atoms with van der Waals surface area (Å²) in [5.41, 5.74) is 3.85. The van der Waals surface area contributed by atoms with Crippen LogP contribution in [0.5, 0.6) is 5.75 Å². The fraction of sp³-hybridized carbons (Fsp3) is 0.421. The van der Waals surface area contributed by atoms with Gasteiger partial charge in [0.15, 0.2) is 0 Å². The number of benzene rings is 1. The molecule has 1 aromatic carbocycles. The molecule has 0 aliphatic heterocycles. The molecule has 0 saturated heterocycles. The fourth-order valence-electron chi connectivity index (χ4n) is 2.32. The van der Waals surface area contributed by atoms with Gasteiger partial charge in [0.25, 0.3) is 0 Å². The van der Waals surface area contributed by atoms with E-state index in [0.717, 1.165) is 25.0 Å². The van der Waals surface area contributed by atoms with Gasteiger partial charge >= 0.3 is 0 Å². The van der Waals surface area contributed by atoms with Crippen molar-refractivity contribution in [3.05, 3.63) is 59.4 Å². The van der Waals surface area contributed by atoms with Crippen molar-refractivity contribution in [3.8, 4) is 5.75 Å². The molecule has 0 aliphatic carbocycles. The first-order valence-electron chi connectivity index (χ1n) is 7.97. The Bertz CT molecular complexity index is 516. The van der Waals surface area contributed by atoms with Gasteiger partial charge in [-0.15, -0.1) is 0 Å². The molecule has 1 heterocycles. The van der Waals surface area contributed by atoms with Gasteiger partial charge < -0.3 is 4.74 Å². The largest absolute Gasteiger partial charge is 0.494 e. The molecular weight excluding hydrogens is 258 g/mol. The van der Waals surface area contributed by atoms with E-state index in [-0.39, 0.29) is 0 Å². The molecule has 2 nitrogen and oxygen atoms in total. The summed E-state index contributed by atoms with van der Waals surface area (Å²) in [4.78, 5) is 4.57. The van der Waals surface area contributed by atoms with Crippen LogP contribution in [-0.2, 0) is 19.3 Å². The zero-order chi connectivity index (χ0) is 14.9. The third kappa shape index (κ3) is 5.22. The quantitative estimate of drug-likeness (QED) is 0.706. The predicted molar refractivity (Wildman–Crippen MR) is 87.9 cm³/mol. The van der Waals surface area contributed by atoms with Crippen molar-refractivity contribution in [1.29, 1.82) is 0 Å². The summed E-state index contributed by atoms with van der Waals surface area (Å²) in [6.45, 7) is 4.94. The Labute approximate surface area is 128 Å². The third-order valence-electron chi connectivity index (χ3n) is 3.61. The number of hydrogen-bond donors (Lipinski definition) is 0. The predicted octanol–water partition coefficient (Wildman–Crippen LogP) is 4.61. The molecule has 2 rings (SSSR count). The molecule has 0 fully saturated rings. The van der Waals surface area contributed by atoms with E-state index >= 15 is 0 Å². The zero-order valence-electron chi connectivity index (χ0n) is 13.1. The number of nitrogens with zero attached hydrogens (tertiary/aromatic N) is 1. The highest BCUT2D eigenvalue weighted by atomic mass is 16.5. The first-order chi connectivity index (χ1) is 10.3. The van der Waals surface area contributed by atoms with E-state index in [4.69, 9.17) is 4.74 Å². The minimum Gasteiger partial charge on any atom is -0.494 e. The highest BCUT2D eigenvalue weighted by molar-refractivity contribution is 5.28. The molecule has 1 aromatic heterocycles. The first kappa shape index (κ1) is 15.6. The van der Waals surface area contributed by atoms with Crippen molar-refractivity contribution >= 4 is 0 Å². The molecule has 0 radical (unpaired) electrons. The van der Waals surface area contributed by atoms with Crippen molar-refractivity contribution in [2.45, 2.75) is 46.0 Å². The summed E-state index contributed by atoms with van der Waals surface area (Å²) in [6, 6.07) is 12.7. The van der Waals surface area contributed by atoms with Crippen LogP contribution < -0.4 is 4.74 Å². The van der Waals surface area contributed by atoms with E-state index in [1.165, 1.54) is 29.7 Å². The van der Waals surface area contributed by atoms with Crippen molar-refractivity contribution in [2.75, 3.05) is 6.61 Å². The second kappa shape index (κ2) is 8.46. The van der Waals surface area contributed by atoms with E-state index in [1.54, 1.807) is 0 Å². The van der Waals surface area contributed by atoms with Gasteiger partial charge in [-0.2, -0.15) is 0 Å². The Hall–Kier alpha value is -1.83. The second-order valence-corrected chi connectivity index (χ2v) is 5.34. The Morgan fingerprint density at radius 2 is 1.62 bits per heavy atom. The molecule has 0 amide bonds. The van der Waals surface area contributed by atoms with Gasteiger partial charge in [0.2, 0.25) is 0 Å². The fourth-order valence-corrected chi connectivity index (χ4v) is 2.32. The van der Waals surface area contributed by atoms with Crippen LogP contribution in [0.15, 0.2) is 42.6 Å². The Morgan fingerprint density at radius 1 is 0.857 bits per heavy atom. The average Bonchev–Trinajstić information content (AvgIpc) is 2.53. The number of hydrogen-bond acceptors (Lipinski definition) is 2. The molecule has 0 aliphatic rings. The molecular formula is C19H25NO. The van der Waals surface area contributed by atoms with Crippen molar-refractivity contribution in [3.63, 3.8) is 0 Å². The van der Waals surface area contributed by atoms with Gasteiger partial charge in [0, 0.05) is 11.9 Å². The van der Waals surface area contributed by atoms with Gasteiger partial charge in [0.05, 0.1) is 6.61 Å². The maximum Gasteiger partial charge on any atom is 0.119 e. The average molecular weight is 283 g/mol. The lowest BCUT2D eigenvalue weighted by Gasteiger charge is -2.06. The number of unbranched alkanes of at least 4 members (excludes halogenated alkanes) is 1. The maximum absolute atomic E-state index is 5.46. The number of ether oxygens (including phenoxy) is 1. The molecule has 21 heavy (non-hydrogen) atoms. The van der Waals surface area contributed by atoms with Gasteiger partial charge in [-0.3, -0.25) is 4.98 Å². The number of aryl methyl sites for hydroxylation is 3. The Balaban J connectivity index is 1.84. The van der Waals surface area contributed by atoms with Gasteiger partial charge in [0.1, 0.15) is 5.75 Å². The van der Waals surface area contributed by atoms with E-state index in [9.17, 15) is 0 Å². The second-order valence-electron chi connectivity index (χ2n) is 5.34. The minimum atomic E-state index is 0.716. The summed E-state index contributed by atoms with van der Waals surface area (Å²) in [5.74, 6) is 0.944. The molecule has 0 N–H and O–H groups in total. The molecule has 0 spiro atoms. The van der Waals surface area contributed by atoms with Crippen LogP contribution in [0.25, 0.3) is 0 Å². The normalized spacial score (nSPS) is 10.6. The van der Waals surface area contributed by atoms with Crippen LogP contribution in [0.4, 0.5) is 0 Å². The topological polar surface area (TPSA) is 22.1 Å². The van der Waals surface area contributed by atoms with Crippen LogP contribution in [0.2, 0.25) is 0 Å². The van der Waals surface area contributed by atoms with E-state index < -0.39 is 0 Å². The Morgan fingerprint density at radius 3 is 2.24 bits per heavy atom. The van der Waals surface area contributed by atoms with Gasteiger partial charge in [-0.1, -0.05) is 31.5 Å². The lowest BCUT2D eigenvalue weighted by molar-refractivity contribution is 0.340. The summed E-state index contributed by atoms with van der Waals surface area (Å²) in [6.07, 6.45) is 7.66. The highest BCUT2D eigenvalue weighted by Crippen LogP contribution is 2.14.